The summed E-state index contributed by atoms with van der Waals surface area (Å²) in [5.74, 6) is 0.788. The number of carbonyl (C=O) groups excluding carboxylic acids is 2. The third-order valence-corrected chi connectivity index (χ3v) is 6.31. The number of rotatable bonds is 8. The first-order chi connectivity index (χ1) is 16.0. The van der Waals surface area contributed by atoms with Crippen molar-refractivity contribution in [2.24, 2.45) is 5.92 Å². The molecule has 4 rings (SSSR count). The third-order valence-electron chi connectivity index (χ3n) is 6.31. The van der Waals surface area contributed by atoms with Gasteiger partial charge in [0.25, 0.3) is 0 Å². The average molecular weight is 454 g/mol. The second-order valence-corrected chi connectivity index (χ2v) is 8.89. The zero-order chi connectivity index (χ0) is 23.2. The molecule has 0 N–H and O–H groups in total. The molecule has 0 atom stereocenters. The minimum atomic E-state index is -0.280. The van der Waals surface area contributed by atoms with Gasteiger partial charge in [0.15, 0.2) is 5.82 Å². The van der Waals surface area contributed by atoms with Crippen LogP contribution in [0.25, 0.3) is 11.3 Å². The van der Waals surface area contributed by atoms with Crippen LogP contribution in [0.15, 0.2) is 36.4 Å². The molecule has 1 saturated heterocycles. The van der Waals surface area contributed by atoms with Crippen LogP contribution in [0.4, 0.5) is 10.2 Å². The van der Waals surface area contributed by atoms with Crippen LogP contribution in [0.2, 0.25) is 0 Å². The lowest BCUT2D eigenvalue weighted by atomic mass is 10.1. The molecule has 2 amide bonds. The topological polar surface area (TPSA) is 69.6 Å². The van der Waals surface area contributed by atoms with Gasteiger partial charge >= 0.3 is 0 Å². The molecule has 1 aliphatic heterocycles. The van der Waals surface area contributed by atoms with E-state index in [4.69, 9.17) is 0 Å². The van der Waals surface area contributed by atoms with Crippen LogP contribution in [-0.4, -0.2) is 71.1 Å². The summed E-state index contributed by atoms with van der Waals surface area (Å²) < 4.78 is 13.1. The van der Waals surface area contributed by atoms with Gasteiger partial charge in [0.05, 0.1) is 12.2 Å². The maximum atomic E-state index is 13.1. The largest absolute Gasteiger partial charge is 0.353 e. The fraction of sp³-hybridized carbons (Fsp3) is 0.520. The van der Waals surface area contributed by atoms with Crippen LogP contribution in [0.5, 0.6) is 0 Å². The molecule has 2 aromatic rings. The van der Waals surface area contributed by atoms with E-state index in [1.807, 2.05) is 17.0 Å². The van der Waals surface area contributed by atoms with Gasteiger partial charge in [0.1, 0.15) is 5.82 Å². The van der Waals surface area contributed by atoms with E-state index in [9.17, 15) is 14.0 Å². The second-order valence-electron chi connectivity index (χ2n) is 8.89. The maximum Gasteiger partial charge on any atom is 0.242 e. The number of amides is 2. The quantitative estimate of drug-likeness (QED) is 0.613. The van der Waals surface area contributed by atoms with Crippen LogP contribution >= 0.6 is 0 Å². The van der Waals surface area contributed by atoms with E-state index in [1.54, 1.807) is 17.0 Å². The number of nitrogens with zero attached hydrogens (tertiary/aromatic N) is 5. The molecule has 2 heterocycles. The molecule has 7 nitrogen and oxygen atoms in total. The van der Waals surface area contributed by atoms with Gasteiger partial charge in [0, 0.05) is 44.2 Å². The number of benzene rings is 1. The molecule has 0 radical (unpaired) electrons. The van der Waals surface area contributed by atoms with Crippen molar-refractivity contribution in [3.8, 4) is 11.3 Å². The molecule has 176 valence electrons. The van der Waals surface area contributed by atoms with Gasteiger partial charge in [-0.05, 0) is 62.1 Å². The summed E-state index contributed by atoms with van der Waals surface area (Å²) in [7, 11) is 0. The summed E-state index contributed by atoms with van der Waals surface area (Å²) in [6, 6.07) is 10.0. The smallest absolute Gasteiger partial charge is 0.242 e. The number of unbranched alkanes of at least 4 members (excludes halogenated alkanes) is 1. The van der Waals surface area contributed by atoms with E-state index < -0.39 is 0 Å². The molecule has 1 saturated carbocycles. The lowest BCUT2D eigenvalue weighted by molar-refractivity contribution is -0.141. The predicted octanol–water partition coefficient (Wildman–Crippen LogP) is 3.36. The van der Waals surface area contributed by atoms with Gasteiger partial charge in [-0.3, -0.25) is 9.59 Å². The summed E-state index contributed by atoms with van der Waals surface area (Å²) in [4.78, 5) is 31.4. The van der Waals surface area contributed by atoms with E-state index in [0.29, 0.717) is 31.9 Å². The normalized spacial score (nSPS) is 16.4. The summed E-state index contributed by atoms with van der Waals surface area (Å²) in [5, 5.41) is 8.68. The van der Waals surface area contributed by atoms with Crippen LogP contribution in [0.3, 0.4) is 0 Å². The number of anilines is 1. The SMILES string of the molecule is CCCCN(CC(=O)N1CCCN(c2ccc(-c3ccc(F)cc3)nn2)CC1)C(=O)C1CC1. The highest BCUT2D eigenvalue weighted by molar-refractivity contribution is 5.87. The minimum Gasteiger partial charge on any atom is -0.353 e. The monoisotopic (exact) mass is 453 g/mol. The molecule has 2 fully saturated rings. The van der Waals surface area contributed by atoms with Crippen LogP contribution in [0, 0.1) is 11.7 Å². The summed E-state index contributed by atoms with van der Waals surface area (Å²) >= 11 is 0. The Balaban J connectivity index is 1.34. The molecule has 33 heavy (non-hydrogen) atoms. The predicted molar refractivity (Wildman–Crippen MR) is 125 cm³/mol. The molecule has 0 spiro atoms. The zero-order valence-electron chi connectivity index (χ0n) is 19.3. The standard InChI is InChI=1S/C25H32FN5O2/c1-2-3-13-31(25(33)20-5-6-20)18-24(32)30-15-4-14-29(16-17-30)23-12-11-22(27-28-23)19-7-9-21(26)10-8-19/h7-12,20H,2-6,13-18H2,1H3. The van der Waals surface area contributed by atoms with Crippen molar-refractivity contribution in [3.63, 3.8) is 0 Å². The average Bonchev–Trinajstić information content (AvgIpc) is 3.69. The van der Waals surface area contributed by atoms with E-state index in [2.05, 4.69) is 22.0 Å². The lowest BCUT2D eigenvalue weighted by Crippen LogP contribution is -2.45. The highest BCUT2D eigenvalue weighted by atomic mass is 19.1. The number of hydrogen-bond acceptors (Lipinski definition) is 5. The van der Waals surface area contributed by atoms with Crippen molar-refractivity contribution < 1.29 is 14.0 Å². The van der Waals surface area contributed by atoms with Gasteiger partial charge < -0.3 is 14.7 Å². The first kappa shape index (κ1) is 23.1. The summed E-state index contributed by atoms with van der Waals surface area (Å²) in [6.45, 7) is 5.67. The van der Waals surface area contributed by atoms with E-state index in [1.165, 1.54) is 12.1 Å². The van der Waals surface area contributed by atoms with E-state index in [0.717, 1.165) is 50.0 Å². The molecule has 1 aromatic heterocycles. The Kier molecular flexibility index (Phi) is 7.52. The second kappa shape index (κ2) is 10.7. The summed E-state index contributed by atoms with van der Waals surface area (Å²) in [6.07, 6.45) is 4.66. The van der Waals surface area contributed by atoms with Crippen molar-refractivity contribution in [3.05, 3.63) is 42.2 Å². The Labute approximate surface area is 194 Å². The Morgan fingerprint density at radius 3 is 2.48 bits per heavy atom. The zero-order valence-corrected chi connectivity index (χ0v) is 19.3. The minimum absolute atomic E-state index is 0.0275. The number of aromatic nitrogens is 2. The Hall–Kier alpha value is -3.03. The van der Waals surface area contributed by atoms with Gasteiger partial charge in [-0.15, -0.1) is 10.2 Å². The first-order valence-corrected chi connectivity index (χ1v) is 12.0. The molecule has 0 bridgehead atoms. The van der Waals surface area contributed by atoms with Gasteiger partial charge in [-0.25, -0.2) is 4.39 Å². The van der Waals surface area contributed by atoms with E-state index >= 15 is 0 Å². The van der Waals surface area contributed by atoms with Gasteiger partial charge in [0.2, 0.25) is 11.8 Å². The van der Waals surface area contributed by atoms with Gasteiger partial charge in [-0.2, -0.15) is 0 Å². The molecular formula is C25H32FN5O2. The highest BCUT2D eigenvalue weighted by Crippen LogP contribution is 2.31. The van der Waals surface area contributed by atoms with Gasteiger partial charge in [-0.1, -0.05) is 13.3 Å². The first-order valence-electron chi connectivity index (χ1n) is 12.0. The van der Waals surface area contributed by atoms with Crippen LogP contribution in [-0.2, 0) is 9.59 Å². The number of carbonyl (C=O) groups is 2. The van der Waals surface area contributed by atoms with Crippen molar-refractivity contribution in [2.75, 3.05) is 44.2 Å². The Bertz CT molecular complexity index is 946. The van der Waals surface area contributed by atoms with Crippen molar-refractivity contribution in [1.29, 1.82) is 0 Å². The molecule has 0 unspecified atom stereocenters. The highest BCUT2D eigenvalue weighted by Gasteiger charge is 2.34. The number of hydrogen-bond donors (Lipinski definition) is 0. The molecule has 8 heteroatoms. The number of halogens is 1. The Morgan fingerprint density at radius 2 is 1.82 bits per heavy atom. The fourth-order valence-corrected chi connectivity index (χ4v) is 4.13. The molecule has 2 aliphatic rings. The van der Waals surface area contributed by atoms with Crippen molar-refractivity contribution in [2.45, 2.75) is 39.0 Å². The van der Waals surface area contributed by atoms with Crippen molar-refractivity contribution in [1.82, 2.24) is 20.0 Å². The Morgan fingerprint density at radius 1 is 1.03 bits per heavy atom. The van der Waals surface area contributed by atoms with E-state index in [-0.39, 0.29) is 30.1 Å². The maximum absolute atomic E-state index is 13.1. The van der Waals surface area contributed by atoms with Crippen LogP contribution < -0.4 is 4.90 Å². The van der Waals surface area contributed by atoms with Crippen LogP contribution in [0.1, 0.15) is 39.0 Å². The lowest BCUT2D eigenvalue weighted by Gasteiger charge is -2.27. The molecular weight excluding hydrogens is 421 g/mol. The fourth-order valence-electron chi connectivity index (χ4n) is 4.13. The third kappa shape index (κ3) is 6.06. The molecule has 1 aromatic carbocycles. The summed E-state index contributed by atoms with van der Waals surface area (Å²) in [5.41, 5.74) is 1.51. The van der Waals surface area contributed by atoms with Crippen molar-refractivity contribution >= 4 is 17.6 Å². The molecule has 1 aliphatic carbocycles.